The van der Waals surface area contributed by atoms with Crippen molar-refractivity contribution in [1.29, 1.82) is 0 Å². The first-order valence-corrected chi connectivity index (χ1v) is 4.54. The van der Waals surface area contributed by atoms with E-state index in [1.807, 2.05) is 6.92 Å². The summed E-state index contributed by atoms with van der Waals surface area (Å²) in [5.74, 6) is 5.12. The van der Waals surface area contributed by atoms with E-state index in [1.54, 1.807) is 19.1 Å². The molecule has 1 unspecified atom stereocenters. The van der Waals surface area contributed by atoms with E-state index in [0.717, 1.165) is 0 Å². The zero-order chi connectivity index (χ0) is 10.6. The summed E-state index contributed by atoms with van der Waals surface area (Å²) in [6.07, 6.45) is 0.551. The van der Waals surface area contributed by atoms with Crippen molar-refractivity contribution in [2.75, 3.05) is 0 Å². The Morgan fingerprint density at radius 2 is 2.21 bits per heavy atom. The van der Waals surface area contributed by atoms with Gasteiger partial charge in [0.15, 0.2) is 0 Å². The lowest BCUT2D eigenvalue weighted by Crippen LogP contribution is -2.19. The summed E-state index contributed by atoms with van der Waals surface area (Å²) >= 11 is 0. The molecule has 0 heterocycles. The molecule has 0 aliphatic carbocycles. The smallest absolute Gasteiger partial charge is 0.124 e. The van der Waals surface area contributed by atoms with E-state index in [-0.39, 0.29) is 5.82 Å². The number of aliphatic hydroxyl groups is 1. The second kappa shape index (κ2) is 4.26. The first kappa shape index (κ1) is 10.7. The third-order valence-electron chi connectivity index (χ3n) is 1.99. The first-order chi connectivity index (χ1) is 6.53. The van der Waals surface area contributed by atoms with Crippen molar-refractivity contribution in [3.63, 3.8) is 0 Å². The minimum atomic E-state index is -0.994. The maximum absolute atomic E-state index is 12.7. The molecule has 0 radical (unpaired) electrons. The van der Waals surface area contributed by atoms with Crippen LogP contribution in [0, 0.1) is 17.7 Å². The quantitative estimate of drug-likeness (QED) is 0.677. The van der Waals surface area contributed by atoms with Gasteiger partial charge in [-0.1, -0.05) is 24.8 Å². The largest absolute Gasteiger partial charge is 0.378 e. The molecule has 1 aromatic rings. The van der Waals surface area contributed by atoms with Crippen molar-refractivity contribution in [2.24, 2.45) is 0 Å². The van der Waals surface area contributed by atoms with Gasteiger partial charge in [0.05, 0.1) is 0 Å². The molecule has 0 saturated heterocycles. The standard InChI is InChI=1S/C12H13FO/c1-3-12(2,14)8-7-10-5-4-6-11(13)9-10/h4-6,9,14H,3H2,1-2H3. The van der Waals surface area contributed by atoms with Crippen molar-refractivity contribution < 1.29 is 9.50 Å². The summed E-state index contributed by atoms with van der Waals surface area (Å²) in [4.78, 5) is 0. The fraction of sp³-hybridized carbons (Fsp3) is 0.333. The highest BCUT2D eigenvalue weighted by Gasteiger charge is 2.12. The molecule has 1 aromatic carbocycles. The van der Waals surface area contributed by atoms with Gasteiger partial charge < -0.3 is 5.11 Å². The minimum absolute atomic E-state index is 0.312. The van der Waals surface area contributed by atoms with Gasteiger partial charge in [-0.2, -0.15) is 0 Å². The Morgan fingerprint density at radius 1 is 1.50 bits per heavy atom. The van der Waals surface area contributed by atoms with Crippen molar-refractivity contribution >= 4 is 0 Å². The number of hydrogen-bond acceptors (Lipinski definition) is 1. The molecule has 0 aromatic heterocycles. The van der Waals surface area contributed by atoms with E-state index >= 15 is 0 Å². The topological polar surface area (TPSA) is 20.2 Å². The normalized spacial score (nSPS) is 14.0. The molecule has 1 N–H and O–H groups in total. The van der Waals surface area contributed by atoms with E-state index in [0.29, 0.717) is 12.0 Å². The summed E-state index contributed by atoms with van der Waals surface area (Å²) in [5, 5.41) is 9.59. The van der Waals surface area contributed by atoms with Gasteiger partial charge in [-0.3, -0.25) is 0 Å². The van der Waals surface area contributed by atoms with Crippen LogP contribution in [0.15, 0.2) is 24.3 Å². The Morgan fingerprint density at radius 3 is 2.79 bits per heavy atom. The van der Waals surface area contributed by atoms with Crippen LogP contribution in [0.4, 0.5) is 4.39 Å². The predicted octanol–water partition coefficient (Wildman–Crippen LogP) is 2.34. The molecular weight excluding hydrogens is 179 g/mol. The highest BCUT2D eigenvalue weighted by molar-refractivity contribution is 5.36. The highest BCUT2D eigenvalue weighted by Crippen LogP contribution is 2.07. The van der Waals surface area contributed by atoms with Crippen LogP contribution >= 0.6 is 0 Å². The average Bonchev–Trinajstić information content (AvgIpc) is 2.15. The van der Waals surface area contributed by atoms with E-state index in [1.165, 1.54) is 12.1 Å². The maximum Gasteiger partial charge on any atom is 0.124 e. The molecule has 0 amide bonds. The molecule has 0 spiro atoms. The van der Waals surface area contributed by atoms with Gasteiger partial charge in [-0.05, 0) is 31.5 Å². The van der Waals surface area contributed by atoms with Gasteiger partial charge in [0.2, 0.25) is 0 Å². The Balaban J connectivity index is 2.88. The lowest BCUT2D eigenvalue weighted by Gasteiger charge is -2.11. The Bertz CT molecular complexity index is 371. The molecule has 0 aliphatic heterocycles. The van der Waals surface area contributed by atoms with Crippen LogP contribution in [0.5, 0.6) is 0 Å². The molecule has 1 nitrogen and oxygen atoms in total. The molecular formula is C12H13FO. The minimum Gasteiger partial charge on any atom is -0.378 e. The number of benzene rings is 1. The Labute approximate surface area is 83.6 Å². The van der Waals surface area contributed by atoms with Crippen LogP contribution in [0.3, 0.4) is 0 Å². The SMILES string of the molecule is CCC(C)(O)C#Cc1cccc(F)c1. The average molecular weight is 192 g/mol. The van der Waals surface area contributed by atoms with E-state index < -0.39 is 5.60 Å². The zero-order valence-corrected chi connectivity index (χ0v) is 8.34. The molecule has 1 rings (SSSR count). The summed E-state index contributed by atoms with van der Waals surface area (Å²) in [7, 11) is 0. The van der Waals surface area contributed by atoms with Crippen LogP contribution in [0.1, 0.15) is 25.8 Å². The van der Waals surface area contributed by atoms with E-state index in [9.17, 15) is 9.50 Å². The molecule has 1 atom stereocenters. The fourth-order valence-corrected chi connectivity index (χ4v) is 0.861. The third kappa shape index (κ3) is 3.20. The van der Waals surface area contributed by atoms with Crippen LogP contribution in [-0.2, 0) is 0 Å². The summed E-state index contributed by atoms with van der Waals surface area (Å²) in [5.41, 5.74) is -0.412. The number of halogens is 1. The summed E-state index contributed by atoms with van der Waals surface area (Å²) < 4.78 is 12.7. The zero-order valence-electron chi connectivity index (χ0n) is 8.34. The highest BCUT2D eigenvalue weighted by atomic mass is 19.1. The molecule has 0 aliphatic rings. The van der Waals surface area contributed by atoms with E-state index in [4.69, 9.17) is 0 Å². The van der Waals surface area contributed by atoms with Crippen LogP contribution in [0.25, 0.3) is 0 Å². The fourth-order valence-electron chi connectivity index (χ4n) is 0.861. The van der Waals surface area contributed by atoms with Gasteiger partial charge >= 0.3 is 0 Å². The van der Waals surface area contributed by atoms with Crippen LogP contribution in [-0.4, -0.2) is 10.7 Å². The molecule has 0 bridgehead atoms. The summed E-state index contributed by atoms with van der Waals surface area (Å²) in [6.45, 7) is 3.49. The van der Waals surface area contributed by atoms with Crippen molar-refractivity contribution in [3.8, 4) is 11.8 Å². The van der Waals surface area contributed by atoms with Crippen molar-refractivity contribution in [2.45, 2.75) is 25.9 Å². The van der Waals surface area contributed by atoms with Gasteiger partial charge in [0.25, 0.3) is 0 Å². The molecule has 2 heteroatoms. The molecule has 74 valence electrons. The van der Waals surface area contributed by atoms with Crippen LogP contribution in [0.2, 0.25) is 0 Å². The number of rotatable bonds is 1. The summed E-state index contributed by atoms with van der Waals surface area (Å²) in [6, 6.07) is 6.02. The second-order valence-electron chi connectivity index (χ2n) is 3.39. The first-order valence-electron chi connectivity index (χ1n) is 4.54. The third-order valence-corrected chi connectivity index (χ3v) is 1.99. The van der Waals surface area contributed by atoms with Gasteiger partial charge in [0, 0.05) is 5.56 Å². The Kier molecular flexibility index (Phi) is 3.27. The number of hydrogen-bond donors (Lipinski definition) is 1. The lowest BCUT2D eigenvalue weighted by molar-refractivity contribution is 0.118. The Hall–Kier alpha value is -1.33. The molecule has 0 saturated carbocycles. The van der Waals surface area contributed by atoms with Gasteiger partial charge in [0.1, 0.15) is 11.4 Å². The van der Waals surface area contributed by atoms with Crippen molar-refractivity contribution in [1.82, 2.24) is 0 Å². The molecule has 0 fully saturated rings. The van der Waals surface area contributed by atoms with E-state index in [2.05, 4.69) is 11.8 Å². The van der Waals surface area contributed by atoms with Gasteiger partial charge in [-0.25, -0.2) is 4.39 Å². The molecule has 14 heavy (non-hydrogen) atoms. The maximum atomic E-state index is 12.7. The van der Waals surface area contributed by atoms with Gasteiger partial charge in [-0.15, -0.1) is 0 Å². The van der Waals surface area contributed by atoms with Crippen LogP contribution < -0.4 is 0 Å². The monoisotopic (exact) mass is 192 g/mol. The predicted molar refractivity (Wildman–Crippen MR) is 54.2 cm³/mol. The second-order valence-corrected chi connectivity index (χ2v) is 3.39. The lowest BCUT2D eigenvalue weighted by atomic mass is 10.0. The van der Waals surface area contributed by atoms with Crippen molar-refractivity contribution in [3.05, 3.63) is 35.6 Å².